The van der Waals surface area contributed by atoms with Crippen LogP contribution in [0.3, 0.4) is 0 Å². The third kappa shape index (κ3) is 55.8. The largest absolute Gasteiger partial charge is 2.00 e. The molecule has 494 valence electrons. The standard InChI is InChI=1S/C13H24O3.C13H10O3.C8H16O2.C8H8O2.C6H6O3.2C5H4O2.C3H6O.2CH3O.2CH4.2Mg.2H2O.2H/c2*14-11(5-7-12-3-1-9-15-12)6-8-13-4-2-10-16-13;2*1-7(9)4-5-8-3-2-6-10-8;7-3-5-1-2-6(4-8)9-5;2*6-4-5-2-1-3-7-5;1-3(2)4;2*1-2;;;;;;;;/h11-14H,1-10H2;1-10H;7-9H,2-6H2,1H3;2-6H,1H3;1-3,8H,4H2;2*1-4H;1-2H3;2*1H3;2*1H4;;;2*1H2;;/q;;;;;;;;2*-1;;;2*+2;;;2*-1/b;7-5+,8-6+;;5-4+;;;;;;;;;;;;;;. The van der Waals surface area contributed by atoms with E-state index in [1.165, 1.54) is 96.1 Å². The monoisotopic (exact) mass is 1280 g/mol. The van der Waals surface area contributed by atoms with Crippen LogP contribution in [-0.2, 0) is 35.2 Å². The van der Waals surface area contributed by atoms with Gasteiger partial charge in [0.1, 0.15) is 35.4 Å². The summed E-state index contributed by atoms with van der Waals surface area (Å²) in [6.07, 6.45) is 32.6. The van der Waals surface area contributed by atoms with E-state index in [2.05, 4.69) is 8.83 Å². The summed E-state index contributed by atoms with van der Waals surface area (Å²) in [6, 6.07) is 20.3. The molecule has 4 unspecified atom stereocenters. The summed E-state index contributed by atoms with van der Waals surface area (Å²) >= 11 is 0. The molecule has 0 amide bonds. The normalized spacial score (nSPS) is 15.0. The molecule has 3 saturated heterocycles. The Morgan fingerprint density at radius 3 is 1.07 bits per heavy atom. The van der Waals surface area contributed by atoms with Gasteiger partial charge in [-0.25, -0.2) is 0 Å². The van der Waals surface area contributed by atoms with Crippen LogP contribution in [-0.4, -0.2) is 173 Å². The Labute approximate surface area is 559 Å². The first-order valence-corrected chi connectivity index (χ1v) is 27.0. The molecule has 0 bridgehead atoms. The summed E-state index contributed by atoms with van der Waals surface area (Å²) in [7, 11) is 1.50. The average Bonchev–Trinajstić information content (AvgIpc) is 4.57. The Morgan fingerprint density at radius 1 is 0.528 bits per heavy atom. The number of aldehydes is 3. The number of furan rings is 6. The van der Waals surface area contributed by atoms with E-state index in [0.29, 0.717) is 71.7 Å². The van der Waals surface area contributed by atoms with Crippen molar-refractivity contribution >= 4 is 101 Å². The quantitative estimate of drug-likeness (QED) is 0.0386. The summed E-state index contributed by atoms with van der Waals surface area (Å²) in [5.41, 5.74) is 0. The van der Waals surface area contributed by atoms with Crippen LogP contribution in [0, 0.1) is 0 Å². The van der Waals surface area contributed by atoms with Crippen molar-refractivity contribution in [2.45, 2.75) is 157 Å². The number of ketones is 3. The molecule has 0 radical (unpaired) electrons. The fourth-order valence-electron chi connectivity index (χ4n) is 6.95. The molecule has 0 spiro atoms. The number of ether oxygens (including phenoxy) is 3. The number of allylic oxidation sites excluding steroid dienone is 3. The number of hydrogen-bond donors (Lipinski definition) is 3. The Kier molecular flexibility index (Phi) is 72.2. The van der Waals surface area contributed by atoms with E-state index in [1.54, 1.807) is 104 Å². The summed E-state index contributed by atoms with van der Waals surface area (Å²) in [5, 5.41) is 43.8. The Morgan fingerprint density at radius 2 is 0.843 bits per heavy atom. The van der Waals surface area contributed by atoms with Gasteiger partial charge in [-0.05, 0) is 214 Å². The van der Waals surface area contributed by atoms with Gasteiger partial charge >= 0.3 is 46.1 Å². The smallest absolute Gasteiger partial charge is 1.00 e. The molecule has 22 nitrogen and oxygen atoms in total. The van der Waals surface area contributed by atoms with Gasteiger partial charge in [0.15, 0.2) is 47.7 Å². The molecule has 89 heavy (non-hydrogen) atoms. The third-order valence-electron chi connectivity index (χ3n) is 10.8. The molecule has 9 rings (SSSR count). The van der Waals surface area contributed by atoms with Crippen LogP contribution < -0.4 is 10.2 Å². The Balaban J connectivity index is -0.000000121. The van der Waals surface area contributed by atoms with Crippen molar-refractivity contribution in [3.05, 3.63) is 163 Å². The van der Waals surface area contributed by atoms with Crippen LogP contribution in [0.25, 0.3) is 18.2 Å². The minimum Gasteiger partial charge on any atom is -1.00 e. The molecule has 24 heteroatoms. The molecule has 0 saturated carbocycles. The van der Waals surface area contributed by atoms with E-state index in [-0.39, 0.29) is 117 Å². The van der Waals surface area contributed by atoms with Crippen molar-refractivity contribution < 1.29 is 109 Å². The van der Waals surface area contributed by atoms with E-state index >= 15 is 0 Å². The van der Waals surface area contributed by atoms with Gasteiger partial charge in [-0.15, -0.1) is 0 Å². The molecular weight excluding hydrogens is 1180 g/mol. The maximum atomic E-state index is 11.4. The molecule has 7 N–H and O–H groups in total. The minimum absolute atomic E-state index is 0. The van der Waals surface area contributed by atoms with Crippen LogP contribution >= 0.6 is 0 Å². The number of rotatable bonds is 19. The summed E-state index contributed by atoms with van der Waals surface area (Å²) < 4.78 is 45.5. The average molecular weight is 1280 g/mol. The van der Waals surface area contributed by atoms with E-state index in [1.807, 2.05) is 6.92 Å². The number of carbonyl (C=O) groups excluding carboxylic acids is 6. The zero-order valence-corrected chi connectivity index (χ0v) is 53.7. The Hall–Kier alpha value is -5.95. The van der Waals surface area contributed by atoms with Crippen molar-refractivity contribution in [2.75, 3.05) is 34.0 Å². The van der Waals surface area contributed by atoms with Gasteiger partial charge in [-0.3, -0.25) is 24.0 Å². The molecule has 3 aliphatic heterocycles. The van der Waals surface area contributed by atoms with Crippen LogP contribution in [0.2, 0.25) is 0 Å². The van der Waals surface area contributed by atoms with Gasteiger partial charge in [-0.2, -0.15) is 14.2 Å². The maximum absolute atomic E-state index is 11.4. The van der Waals surface area contributed by atoms with Crippen molar-refractivity contribution in [2.24, 2.45) is 0 Å². The predicted molar refractivity (Wildman–Crippen MR) is 342 cm³/mol. The van der Waals surface area contributed by atoms with E-state index in [9.17, 15) is 33.9 Å². The maximum Gasteiger partial charge on any atom is 2.00 e. The van der Waals surface area contributed by atoms with Gasteiger partial charge in [0, 0.05) is 19.8 Å². The zero-order valence-electron chi connectivity index (χ0n) is 52.9. The molecule has 4 atom stereocenters. The van der Waals surface area contributed by atoms with Crippen LogP contribution in [0.5, 0.6) is 0 Å². The van der Waals surface area contributed by atoms with Gasteiger partial charge in [-0.1, -0.05) is 14.9 Å². The van der Waals surface area contributed by atoms with E-state index in [4.69, 9.17) is 52.3 Å². The van der Waals surface area contributed by atoms with Gasteiger partial charge in [0.2, 0.25) is 0 Å². The first-order chi connectivity index (χ1) is 40.2. The van der Waals surface area contributed by atoms with Gasteiger partial charge < -0.3 is 84.8 Å². The molecule has 6 aromatic rings. The molecular formula is C65H98Mg2O22. The SMILES string of the molecule is C.C.CC(=O)/C=C/c1ccco1.CC(C)=O.CC(O)CCC1CCCO1.C[O-].C[O-].O.O.O=C(/C=C/c1ccco1)/C=C/c1ccco1.O=Cc1ccc(CO)o1.O=Cc1ccco1.O=Cc1ccco1.OC(CCC1CCCO1)CCC1CCCO1.[H-].[H-].[Mg+2].[Mg+2]. The number of aliphatic hydroxyl groups excluding tert-OH is 3. The topological polar surface area (TPSA) is 379 Å². The summed E-state index contributed by atoms with van der Waals surface area (Å²) in [4.78, 5) is 60.7. The number of hydrogen-bond acceptors (Lipinski definition) is 20. The number of Topliss-reactive ketones (excluding diaryl/α,β-unsaturated/α-hetero) is 1. The summed E-state index contributed by atoms with van der Waals surface area (Å²) in [5.74, 6) is 3.50. The first kappa shape index (κ1) is 96.7. The zero-order chi connectivity index (χ0) is 61.7. The number of aliphatic hydroxyl groups is 3. The second-order valence-corrected chi connectivity index (χ2v) is 18.0. The first-order valence-electron chi connectivity index (χ1n) is 27.0. The molecule has 3 aliphatic rings. The predicted octanol–water partition coefficient (Wildman–Crippen LogP) is 9.05. The molecule has 6 aromatic heterocycles. The van der Waals surface area contributed by atoms with Crippen LogP contribution in [0.15, 0.2) is 149 Å². The molecule has 0 aromatic carbocycles. The van der Waals surface area contributed by atoms with Crippen molar-refractivity contribution in [1.82, 2.24) is 0 Å². The van der Waals surface area contributed by atoms with Crippen LogP contribution in [0.1, 0.15) is 177 Å². The molecule has 9 heterocycles. The minimum atomic E-state index is -0.163. The second kappa shape index (κ2) is 66.5. The fourth-order valence-corrected chi connectivity index (χ4v) is 6.95. The van der Waals surface area contributed by atoms with Crippen molar-refractivity contribution in [3.63, 3.8) is 0 Å². The van der Waals surface area contributed by atoms with Gasteiger partial charge in [0.25, 0.3) is 0 Å². The van der Waals surface area contributed by atoms with Crippen molar-refractivity contribution in [1.29, 1.82) is 0 Å². The van der Waals surface area contributed by atoms with Crippen LogP contribution in [0.4, 0.5) is 0 Å². The summed E-state index contributed by atoms with van der Waals surface area (Å²) in [6.45, 7) is 8.97. The number of carbonyl (C=O) groups is 6. The second-order valence-electron chi connectivity index (χ2n) is 18.0. The third-order valence-corrected chi connectivity index (χ3v) is 10.8. The Bertz CT molecular complexity index is 2420. The van der Waals surface area contributed by atoms with E-state index < -0.39 is 0 Å². The van der Waals surface area contributed by atoms with E-state index in [0.717, 1.165) is 72.6 Å². The molecule has 3 fully saturated rings. The van der Waals surface area contributed by atoms with Crippen molar-refractivity contribution in [3.8, 4) is 0 Å². The molecule has 0 aliphatic carbocycles. The fraction of sp³-hybridized carbons (Fsp3) is 0.446. The van der Waals surface area contributed by atoms with Gasteiger partial charge in [0.05, 0.1) is 61.8 Å².